The van der Waals surface area contributed by atoms with Crippen molar-refractivity contribution in [1.29, 1.82) is 0 Å². The molecule has 15 heavy (non-hydrogen) atoms. The minimum absolute atomic E-state index is 0.142. The van der Waals surface area contributed by atoms with Crippen LogP contribution in [0.25, 0.3) is 0 Å². The predicted molar refractivity (Wildman–Crippen MR) is 59.9 cm³/mol. The van der Waals surface area contributed by atoms with Gasteiger partial charge in [-0.2, -0.15) is 0 Å². The number of hydrogen-bond acceptors (Lipinski definition) is 3. The van der Waals surface area contributed by atoms with E-state index in [1.807, 2.05) is 4.90 Å². The molecule has 0 aromatic carbocycles. The largest absolute Gasteiger partial charge is 0.449 e. The van der Waals surface area contributed by atoms with Crippen molar-refractivity contribution >= 4 is 6.09 Å². The van der Waals surface area contributed by atoms with Crippen LogP contribution in [0.3, 0.4) is 0 Å². The fourth-order valence-electron chi connectivity index (χ4n) is 1.75. The zero-order valence-electron chi connectivity index (χ0n) is 9.79. The van der Waals surface area contributed by atoms with Gasteiger partial charge in [0.05, 0.1) is 6.61 Å². The molecule has 88 valence electrons. The molecule has 0 saturated carbocycles. The van der Waals surface area contributed by atoms with E-state index >= 15 is 0 Å². The van der Waals surface area contributed by atoms with Gasteiger partial charge in [0.2, 0.25) is 0 Å². The second kappa shape index (κ2) is 6.67. The quantitative estimate of drug-likeness (QED) is 0.723. The minimum Gasteiger partial charge on any atom is -0.449 e. The van der Waals surface area contributed by atoms with Crippen molar-refractivity contribution in [3.8, 4) is 0 Å². The van der Waals surface area contributed by atoms with Gasteiger partial charge in [-0.15, -0.1) is 0 Å². The van der Waals surface area contributed by atoms with E-state index in [4.69, 9.17) is 4.74 Å². The van der Waals surface area contributed by atoms with Crippen molar-refractivity contribution < 1.29 is 9.53 Å². The Hall–Kier alpha value is -0.770. The van der Waals surface area contributed by atoms with E-state index in [2.05, 4.69) is 19.2 Å². The molecule has 0 bridgehead atoms. The van der Waals surface area contributed by atoms with E-state index in [0.717, 1.165) is 38.9 Å². The molecule has 0 aromatic rings. The smallest absolute Gasteiger partial charge is 0.410 e. The van der Waals surface area contributed by atoms with Crippen LogP contribution in [0.2, 0.25) is 0 Å². The van der Waals surface area contributed by atoms with Gasteiger partial charge >= 0.3 is 6.09 Å². The van der Waals surface area contributed by atoms with E-state index in [9.17, 15) is 4.79 Å². The van der Waals surface area contributed by atoms with E-state index in [0.29, 0.717) is 12.6 Å². The summed E-state index contributed by atoms with van der Waals surface area (Å²) in [5.41, 5.74) is 0. The fourth-order valence-corrected chi connectivity index (χ4v) is 1.75. The number of amides is 1. The topological polar surface area (TPSA) is 41.6 Å². The average molecular weight is 214 g/mol. The summed E-state index contributed by atoms with van der Waals surface area (Å²) in [5, 5.41) is 3.29. The standard InChI is InChI=1S/C11H22N2O2/c1-3-5-8-15-11(14)13-7-6-12-9-10(13)4-2/h10,12H,3-9H2,1-2H3. The highest BCUT2D eigenvalue weighted by Crippen LogP contribution is 2.09. The fraction of sp³-hybridized carbons (Fsp3) is 0.909. The number of nitrogens with zero attached hydrogens (tertiary/aromatic N) is 1. The van der Waals surface area contributed by atoms with Crippen LogP contribution in [0.15, 0.2) is 0 Å². The molecular weight excluding hydrogens is 192 g/mol. The maximum absolute atomic E-state index is 11.7. The van der Waals surface area contributed by atoms with Gasteiger partial charge in [-0.3, -0.25) is 0 Å². The van der Waals surface area contributed by atoms with Crippen LogP contribution in [0.4, 0.5) is 4.79 Å². The van der Waals surface area contributed by atoms with E-state index < -0.39 is 0 Å². The molecule has 1 fully saturated rings. The van der Waals surface area contributed by atoms with Crippen molar-refractivity contribution in [3.05, 3.63) is 0 Å². The number of nitrogens with one attached hydrogen (secondary N) is 1. The van der Waals surface area contributed by atoms with Gasteiger partial charge in [0.15, 0.2) is 0 Å². The lowest BCUT2D eigenvalue weighted by atomic mass is 10.1. The molecule has 4 heteroatoms. The first-order valence-electron chi connectivity index (χ1n) is 5.93. The predicted octanol–water partition coefficient (Wildman–Crippen LogP) is 1.61. The van der Waals surface area contributed by atoms with Gasteiger partial charge in [0.1, 0.15) is 0 Å². The van der Waals surface area contributed by atoms with Crippen LogP contribution in [-0.4, -0.2) is 43.3 Å². The summed E-state index contributed by atoms with van der Waals surface area (Å²) in [6.45, 7) is 7.27. The van der Waals surface area contributed by atoms with E-state index in [-0.39, 0.29) is 6.09 Å². The summed E-state index contributed by atoms with van der Waals surface area (Å²) in [6, 6.07) is 0.299. The van der Waals surface area contributed by atoms with Crippen molar-refractivity contribution in [2.45, 2.75) is 39.2 Å². The number of unbranched alkanes of at least 4 members (excludes halogenated alkanes) is 1. The van der Waals surface area contributed by atoms with E-state index in [1.165, 1.54) is 0 Å². The van der Waals surface area contributed by atoms with Gasteiger partial charge < -0.3 is 15.0 Å². The van der Waals surface area contributed by atoms with Crippen LogP contribution >= 0.6 is 0 Å². The van der Waals surface area contributed by atoms with E-state index in [1.54, 1.807) is 0 Å². The molecule has 1 atom stereocenters. The molecule has 1 amide bonds. The highest BCUT2D eigenvalue weighted by molar-refractivity contribution is 5.68. The number of ether oxygens (including phenoxy) is 1. The van der Waals surface area contributed by atoms with Crippen LogP contribution in [0.1, 0.15) is 33.1 Å². The first-order valence-corrected chi connectivity index (χ1v) is 5.93. The van der Waals surface area contributed by atoms with Crippen LogP contribution in [-0.2, 0) is 4.74 Å². The van der Waals surface area contributed by atoms with Gasteiger partial charge in [0, 0.05) is 25.7 Å². The molecule has 1 rings (SSSR count). The van der Waals surface area contributed by atoms with Crippen molar-refractivity contribution in [1.82, 2.24) is 10.2 Å². The van der Waals surface area contributed by atoms with Crippen molar-refractivity contribution in [2.24, 2.45) is 0 Å². The Morgan fingerprint density at radius 3 is 3.00 bits per heavy atom. The molecule has 4 nitrogen and oxygen atoms in total. The van der Waals surface area contributed by atoms with Crippen molar-refractivity contribution in [3.63, 3.8) is 0 Å². The monoisotopic (exact) mass is 214 g/mol. The Balaban J connectivity index is 2.34. The van der Waals surface area contributed by atoms with Crippen LogP contribution in [0, 0.1) is 0 Å². The molecule has 1 aliphatic rings. The number of rotatable bonds is 4. The maximum Gasteiger partial charge on any atom is 0.410 e. The summed E-state index contributed by atoms with van der Waals surface area (Å²) >= 11 is 0. The van der Waals surface area contributed by atoms with Gasteiger partial charge in [0.25, 0.3) is 0 Å². The highest BCUT2D eigenvalue weighted by Gasteiger charge is 2.25. The summed E-state index contributed by atoms with van der Waals surface area (Å²) in [6.07, 6.45) is 2.85. The minimum atomic E-state index is -0.142. The summed E-state index contributed by atoms with van der Waals surface area (Å²) in [5.74, 6) is 0. The molecular formula is C11H22N2O2. The van der Waals surface area contributed by atoms with Crippen LogP contribution in [0.5, 0.6) is 0 Å². The SMILES string of the molecule is CCCCOC(=O)N1CCNCC1CC. The first kappa shape index (κ1) is 12.3. The summed E-state index contributed by atoms with van der Waals surface area (Å²) in [7, 11) is 0. The molecule has 1 aliphatic heterocycles. The molecule has 1 unspecified atom stereocenters. The molecule has 0 radical (unpaired) electrons. The Kier molecular flexibility index (Phi) is 5.47. The normalized spacial score (nSPS) is 21.5. The molecule has 0 aliphatic carbocycles. The van der Waals surface area contributed by atoms with Gasteiger partial charge in [-0.25, -0.2) is 4.79 Å². The Morgan fingerprint density at radius 1 is 1.53 bits per heavy atom. The lowest BCUT2D eigenvalue weighted by Crippen LogP contribution is -2.53. The zero-order valence-corrected chi connectivity index (χ0v) is 9.79. The average Bonchev–Trinajstić information content (AvgIpc) is 2.29. The Bertz CT molecular complexity index is 197. The third-order valence-electron chi connectivity index (χ3n) is 2.78. The zero-order chi connectivity index (χ0) is 11.1. The summed E-state index contributed by atoms with van der Waals surface area (Å²) in [4.78, 5) is 13.6. The third-order valence-corrected chi connectivity index (χ3v) is 2.78. The Labute approximate surface area is 92.0 Å². The number of carbonyl (C=O) groups excluding carboxylic acids is 1. The maximum atomic E-state index is 11.7. The van der Waals surface area contributed by atoms with Crippen molar-refractivity contribution in [2.75, 3.05) is 26.2 Å². The van der Waals surface area contributed by atoms with Crippen LogP contribution < -0.4 is 5.32 Å². The number of carbonyl (C=O) groups is 1. The lowest BCUT2D eigenvalue weighted by Gasteiger charge is -2.34. The number of hydrogen-bond donors (Lipinski definition) is 1. The Morgan fingerprint density at radius 2 is 2.33 bits per heavy atom. The number of piperazine rings is 1. The first-order chi connectivity index (χ1) is 7.29. The molecule has 1 saturated heterocycles. The molecule has 0 spiro atoms. The molecule has 1 heterocycles. The second-order valence-corrected chi connectivity index (χ2v) is 3.93. The molecule has 0 aromatic heterocycles. The second-order valence-electron chi connectivity index (χ2n) is 3.93. The van der Waals surface area contributed by atoms with Gasteiger partial charge in [-0.05, 0) is 12.8 Å². The van der Waals surface area contributed by atoms with Gasteiger partial charge in [-0.1, -0.05) is 20.3 Å². The highest BCUT2D eigenvalue weighted by atomic mass is 16.6. The summed E-state index contributed by atoms with van der Waals surface area (Å²) < 4.78 is 5.21. The lowest BCUT2D eigenvalue weighted by molar-refractivity contribution is 0.0756. The third kappa shape index (κ3) is 3.70. The molecule has 1 N–H and O–H groups in total.